The van der Waals surface area contributed by atoms with Crippen molar-refractivity contribution >= 4 is 23.8 Å². The van der Waals surface area contributed by atoms with E-state index in [9.17, 15) is 4.79 Å². The average Bonchev–Trinajstić information content (AvgIpc) is 2.55. The number of benzene rings is 1. The van der Waals surface area contributed by atoms with E-state index in [1.54, 1.807) is 11.1 Å². The van der Waals surface area contributed by atoms with E-state index in [-0.39, 0.29) is 6.03 Å². The van der Waals surface area contributed by atoms with Gasteiger partial charge in [0, 0.05) is 36.8 Å². The van der Waals surface area contributed by atoms with E-state index < -0.39 is 0 Å². The maximum atomic E-state index is 12.3. The van der Waals surface area contributed by atoms with Crippen LogP contribution >= 0.6 is 0 Å². The predicted octanol–water partition coefficient (Wildman–Crippen LogP) is 2.25. The van der Waals surface area contributed by atoms with E-state index in [0.717, 1.165) is 16.8 Å². The Kier molecular flexibility index (Phi) is 3.74. The molecular weight excluding hydrogens is 278 g/mol. The topological polar surface area (TPSA) is 95.1 Å². The molecule has 1 aliphatic rings. The van der Waals surface area contributed by atoms with Crippen LogP contribution < -0.4 is 11.1 Å². The number of carbonyl (C=O) groups is 1. The van der Waals surface area contributed by atoms with Gasteiger partial charge in [-0.2, -0.15) is 0 Å². The average molecular weight is 295 g/mol. The molecule has 6 nitrogen and oxygen atoms in total. The fourth-order valence-electron chi connectivity index (χ4n) is 2.64. The van der Waals surface area contributed by atoms with Gasteiger partial charge >= 0.3 is 6.03 Å². The van der Waals surface area contributed by atoms with Crippen LogP contribution in [0.3, 0.4) is 0 Å². The molecule has 0 saturated carbocycles. The van der Waals surface area contributed by atoms with E-state index in [4.69, 9.17) is 11.1 Å². The van der Waals surface area contributed by atoms with Crippen LogP contribution in [0.5, 0.6) is 0 Å². The molecule has 0 radical (unpaired) electrons. The van der Waals surface area contributed by atoms with Crippen molar-refractivity contribution in [3.63, 3.8) is 0 Å². The van der Waals surface area contributed by atoms with Gasteiger partial charge in [-0.25, -0.2) is 9.78 Å². The Bertz CT molecular complexity index is 714. The lowest BCUT2D eigenvalue weighted by atomic mass is 9.97. The van der Waals surface area contributed by atoms with Crippen LogP contribution in [0.2, 0.25) is 0 Å². The predicted molar refractivity (Wildman–Crippen MR) is 86.1 cm³/mol. The summed E-state index contributed by atoms with van der Waals surface area (Å²) < 4.78 is 0. The summed E-state index contributed by atoms with van der Waals surface area (Å²) in [6.07, 6.45) is 3.61. The molecule has 112 valence electrons. The van der Waals surface area contributed by atoms with Crippen LogP contribution in [0.15, 0.2) is 36.5 Å². The van der Waals surface area contributed by atoms with Crippen molar-refractivity contribution in [1.82, 2.24) is 9.88 Å². The highest BCUT2D eigenvalue weighted by atomic mass is 16.2. The van der Waals surface area contributed by atoms with Crippen molar-refractivity contribution in [3.8, 4) is 0 Å². The second-order valence-electron chi connectivity index (χ2n) is 5.17. The van der Waals surface area contributed by atoms with E-state index >= 15 is 0 Å². The van der Waals surface area contributed by atoms with E-state index in [0.29, 0.717) is 30.9 Å². The first kappa shape index (κ1) is 14.1. The zero-order valence-electron chi connectivity index (χ0n) is 12.0. The molecule has 0 aliphatic carbocycles. The number of nitrogens with zero attached hydrogens (tertiary/aromatic N) is 2. The number of hydrogen-bond donors (Lipinski definition) is 3. The molecule has 1 aromatic heterocycles. The second-order valence-corrected chi connectivity index (χ2v) is 5.17. The standard InChI is InChI=1S/C16H17N5O/c17-8-14-13-6-7-21(10-11(13)9-19-15(14)18)16(22)20-12-4-2-1-3-5-12/h1-5,8-9,17H,6-7,10H2,(H2,18,19)(H,20,22). The summed E-state index contributed by atoms with van der Waals surface area (Å²) in [7, 11) is 0. The third-order valence-corrected chi connectivity index (χ3v) is 3.80. The molecule has 4 N–H and O–H groups in total. The van der Waals surface area contributed by atoms with Crippen LogP contribution in [0, 0.1) is 5.41 Å². The number of anilines is 2. The van der Waals surface area contributed by atoms with Crippen molar-refractivity contribution in [3.05, 3.63) is 53.2 Å². The zero-order chi connectivity index (χ0) is 15.5. The number of aromatic nitrogens is 1. The molecule has 0 bridgehead atoms. The molecule has 2 heterocycles. The molecular formula is C16H17N5O. The number of pyridine rings is 1. The maximum Gasteiger partial charge on any atom is 0.322 e. The lowest BCUT2D eigenvalue weighted by Crippen LogP contribution is -2.39. The third-order valence-electron chi connectivity index (χ3n) is 3.80. The summed E-state index contributed by atoms with van der Waals surface area (Å²) in [4.78, 5) is 18.2. The molecule has 3 rings (SSSR count). The molecule has 1 aliphatic heterocycles. The number of nitrogens with two attached hydrogens (primary N) is 1. The smallest absolute Gasteiger partial charge is 0.322 e. The number of amides is 2. The van der Waals surface area contributed by atoms with Crippen LogP contribution in [0.25, 0.3) is 0 Å². The molecule has 1 aromatic carbocycles. The number of fused-ring (bicyclic) bond motifs is 1. The van der Waals surface area contributed by atoms with Gasteiger partial charge in [0.05, 0.1) is 0 Å². The van der Waals surface area contributed by atoms with E-state index in [1.165, 1.54) is 6.21 Å². The Morgan fingerprint density at radius 2 is 2.14 bits per heavy atom. The van der Waals surface area contributed by atoms with Crippen molar-refractivity contribution in [2.24, 2.45) is 0 Å². The van der Waals surface area contributed by atoms with Gasteiger partial charge in [-0.1, -0.05) is 18.2 Å². The van der Waals surface area contributed by atoms with Crippen LogP contribution in [0.1, 0.15) is 16.7 Å². The SMILES string of the molecule is N=Cc1c(N)ncc2c1CCN(C(=O)Nc1ccccc1)C2. The van der Waals surface area contributed by atoms with Gasteiger partial charge in [0.2, 0.25) is 0 Å². The monoisotopic (exact) mass is 295 g/mol. The van der Waals surface area contributed by atoms with Crippen molar-refractivity contribution in [2.75, 3.05) is 17.6 Å². The number of hydrogen-bond acceptors (Lipinski definition) is 4. The first-order valence-electron chi connectivity index (χ1n) is 7.06. The van der Waals surface area contributed by atoms with Crippen molar-refractivity contribution in [2.45, 2.75) is 13.0 Å². The maximum absolute atomic E-state index is 12.3. The highest BCUT2D eigenvalue weighted by Crippen LogP contribution is 2.24. The summed E-state index contributed by atoms with van der Waals surface area (Å²) in [6, 6.07) is 9.23. The van der Waals surface area contributed by atoms with E-state index in [2.05, 4.69) is 10.3 Å². The van der Waals surface area contributed by atoms with Crippen LogP contribution in [-0.2, 0) is 13.0 Å². The summed E-state index contributed by atoms with van der Waals surface area (Å²) >= 11 is 0. The summed E-state index contributed by atoms with van der Waals surface area (Å²) in [5.41, 5.74) is 9.20. The molecule has 22 heavy (non-hydrogen) atoms. The van der Waals surface area contributed by atoms with Gasteiger partial charge in [0.15, 0.2) is 0 Å². The summed E-state index contributed by atoms with van der Waals surface area (Å²) in [5.74, 6) is 0.371. The third kappa shape index (κ3) is 2.63. The fourth-order valence-corrected chi connectivity index (χ4v) is 2.64. The largest absolute Gasteiger partial charge is 0.383 e. The molecule has 6 heteroatoms. The zero-order valence-corrected chi connectivity index (χ0v) is 12.0. The quantitative estimate of drug-likeness (QED) is 0.741. The number of para-hydroxylation sites is 1. The Balaban J connectivity index is 1.77. The Morgan fingerprint density at radius 3 is 2.86 bits per heavy atom. The number of nitrogen functional groups attached to an aromatic ring is 1. The molecule has 2 amide bonds. The summed E-state index contributed by atoms with van der Waals surface area (Å²) in [5, 5.41) is 10.3. The first-order chi connectivity index (χ1) is 10.7. The first-order valence-corrected chi connectivity index (χ1v) is 7.06. The number of nitrogens with one attached hydrogen (secondary N) is 2. The highest BCUT2D eigenvalue weighted by molar-refractivity contribution is 5.90. The van der Waals surface area contributed by atoms with Gasteiger partial charge in [0.25, 0.3) is 0 Å². The van der Waals surface area contributed by atoms with Gasteiger partial charge < -0.3 is 21.4 Å². The lowest BCUT2D eigenvalue weighted by molar-refractivity contribution is 0.206. The van der Waals surface area contributed by atoms with Crippen molar-refractivity contribution in [1.29, 1.82) is 5.41 Å². The molecule has 2 aromatic rings. The fraction of sp³-hybridized carbons (Fsp3) is 0.188. The number of urea groups is 1. The minimum Gasteiger partial charge on any atom is -0.383 e. The van der Waals surface area contributed by atoms with Crippen LogP contribution in [0.4, 0.5) is 16.3 Å². The Labute approximate surface area is 128 Å². The highest BCUT2D eigenvalue weighted by Gasteiger charge is 2.23. The Hall–Kier alpha value is -2.89. The normalized spacial score (nSPS) is 13.4. The minimum atomic E-state index is -0.134. The lowest BCUT2D eigenvalue weighted by Gasteiger charge is -2.29. The van der Waals surface area contributed by atoms with Gasteiger partial charge in [0.1, 0.15) is 5.82 Å². The molecule has 0 atom stereocenters. The number of carbonyl (C=O) groups excluding carboxylic acids is 1. The molecule has 0 fully saturated rings. The van der Waals surface area contributed by atoms with Gasteiger partial charge in [-0.15, -0.1) is 0 Å². The van der Waals surface area contributed by atoms with Crippen LogP contribution in [-0.4, -0.2) is 28.7 Å². The second kappa shape index (κ2) is 5.85. The van der Waals surface area contributed by atoms with Crippen molar-refractivity contribution < 1.29 is 4.79 Å². The summed E-state index contributed by atoms with van der Waals surface area (Å²) in [6.45, 7) is 1.07. The molecule has 0 saturated heterocycles. The number of rotatable bonds is 2. The molecule has 0 unspecified atom stereocenters. The van der Waals surface area contributed by atoms with Gasteiger partial charge in [-0.05, 0) is 29.7 Å². The Morgan fingerprint density at radius 1 is 1.36 bits per heavy atom. The minimum absolute atomic E-state index is 0.134. The van der Waals surface area contributed by atoms with Gasteiger partial charge in [-0.3, -0.25) is 0 Å². The molecule has 0 spiro atoms. The van der Waals surface area contributed by atoms with E-state index in [1.807, 2.05) is 30.3 Å².